The number of benzene rings is 1. The van der Waals surface area contributed by atoms with Gasteiger partial charge in [0.05, 0.1) is 35.4 Å². The number of carbonyl (C=O) groups is 1. The highest BCUT2D eigenvalue weighted by Crippen LogP contribution is 2.12. The Bertz CT molecular complexity index is 795. The van der Waals surface area contributed by atoms with Crippen molar-refractivity contribution >= 4 is 23.3 Å². The molecule has 0 fully saturated rings. The lowest BCUT2D eigenvalue weighted by molar-refractivity contribution is 0.102. The lowest BCUT2D eigenvalue weighted by atomic mass is 10.2. The van der Waals surface area contributed by atoms with E-state index in [0.717, 1.165) is 17.1 Å². The maximum Gasteiger partial charge on any atom is 0.278 e. The van der Waals surface area contributed by atoms with Crippen LogP contribution in [0.1, 0.15) is 27.6 Å². The molecule has 0 unspecified atom stereocenters. The number of hydrogen-bond acceptors (Lipinski definition) is 6. The third-order valence-electron chi connectivity index (χ3n) is 3.28. The molecule has 22 heavy (non-hydrogen) atoms. The van der Waals surface area contributed by atoms with Crippen LogP contribution in [0, 0.1) is 13.8 Å². The second kappa shape index (κ2) is 6.02. The summed E-state index contributed by atoms with van der Waals surface area (Å²) in [5, 5.41) is 10.8. The van der Waals surface area contributed by atoms with Crippen molar-refractivity contribution in [2.24, 2.45) is 0 Å². The molecule has 2 heterocycles. The maximum absolute atomic E-state index is 12.3. The number of nitrogens with zero attached hydrogens (tertiary/aromatic N) is 5. The zero-order valence-electron chi connectivity index (χ0n) is 12.1. The molecule has 3 aromatic rings. The van der Waals surface area contributed by atoms with Gasteiger partial charge in [0, 0.05) is 5.69 Å². The third kappa shape index (κ3) is 2.86. The summed E-state index contributed by atoms with van der Waals surface area (Å²) in [5.74, 6) is -0.275. The van der Waals surface area contributed by atoms with Crippen LogP contribution in [0.15, 0.2) is 30.3 Å². The highest BCUT2D eigenvalue weighted by molar-refractivity contribution is 6.99. The molecule has 2 aromatic heterocycles. The highest BCUT2D eigenvalue weighted by atomic mass is 32.1. The minimum atomic E-state index is -0.275. The van der Waals surface area contributed by atoms with Gasteiger partial charge in [-0.3, -0.25) is 4.79 Å². The zero-order chi connectivity index (χ0) is 15.5. The van der Waals surface area contributed by atoms with Gasteiger partial charge >= 0.3 is 0 Å². The van der Waals surface area contributed by atoms with Crippen molar-refractivity contribution in [1.82, 2.24) is 23.7 Å². The number of nitrogens with one attached hydrogen (secondary N) is 1. The van der Waals surface area contributed by atoms with E-state index in [1.165, 1.54) is 11.7 Å². The van der Waals surface area contributed by atoms with E-state index >= 15 is 0 Å². The molecule has 7 nitrogen and oxygen atoms in total. The van der Waals surface area contributed by atoms with Crippen molar-refractivity contribution in [3.63, 3.8) is 0 Å². The van der Waals surface area contributed by atoms with E-state index in [1.54, 1.807) is 4.68 Å². The highest BCUT2D eigenvalue weighted by Gasteiger charge is 2.17. The number of carbonyl (C=O) groups excluding carboxylic acids is 1. The van der Waals surface area contributed by atoms with Crippen LogP contribution in [0.25, 0.3) is 0 Å². The van der Waals surface area contributed by atoms with Crippen molar-refractivity contribution < 1.29 is 4.79 Å². The van der Waals surface area contributed by atoms with Crippen molar-refractivity contribution in [2.75, 3.05) is 5.32 Å². The molecule has 0 saturated heterocycles. The van der Waals surface area contributed by atoms with Gasteiger partial charge in [0.1, 0.15) is 0 Å². The van der Waals surface area contributed by atoms with Gasteiger partial charge in [0.2, 0.25) is 0 Å². The van der Waals surface area contributed by atoms with Crippen LogP contribution in [-0.2, 0) is 6.54 Å². The summed E-state index contributed by atoms with van der Waals surface area (Å²) in [7, 11) is 0. The predicted molar refractivity (Wildman–Crippen MR) is 82.9 cm³/mol. The van der Waals surface area contributed by atoms with Gasteiger partial charge in [0.25, 0.3) is 5.91 Å². The van der Waals surface area contributed by atoms with Crippen LogP contribution >= 0.6 is 11.7 Å². The first-order valence-electron chi connectivity index (χ1n) is 6.69. The van der Waals surface area contributed by atoms with Crippen molar-refractivity contribution in [3.8, 4) is 0 Å². The zero-order valence-corrected chi connectivity index (χ0v) is 13.0. The summed E-state index contributed by atoms with van der Waals surface area (Å²) in [6.45, 7) is 4.17. The summed E-state index contributed by atoms with van der Waals surface area (Å²) >= 11 is 1.17. The van der Waals surface area contributed by atoms with Crippen LogP contribution in [0.2, 0.25) is 0 Å². The molecule has 3 rings (SSSR count). The van der Waals surface area contributed by atoms with Crippen LogP contribution in [-0.4, -0.2) is 29.6 Å². The van der Waals surface area contributed by atoms with Gasteiger partial charge in [-0.2, -0.15) is 8.75 Å². The molecule has 0 radical (unpaired) electrons. The average molecular weight is 314 g/mol. The van der Waals surface area contributed by atoms with E-state index in [-0.39, 0.29) is 5.91 Å². The van der Waals surface area contributed by atoms with Crippen LogP contribution in [0.3, 0.4) is 0 Å². The second-order valence-corrected chi connectivity index (χ2v) is 5.33. The molecule has 0 spiro atoms. The molecule has 112 valence electrons. The van der Waals surface area contributed by atoms with E-state index in [9.17, 15) is 4.79 Å². The Hall–Kier alpha value is -2.61. The monoisotopic (exact) mass is 314 g/mol. The molecule has 0 atom stereocenters. The van der Waals surface area contributed by atoms with Gasteiger partial charge in [-0.25, -0.2) is 4.68 Å². The number of hydrogen-bond donors (Lipinski definition) is 1. The number of rotatable bonds is 4. The van der Waals surface area contributed by atoms with E-state index in [1.807, 2.05) is 44.2 Å². The lowest BCUT2D eigenvalue weighted by Crippen LogP contribution is -2.14. The Balaban J connectivity index is 1.78. The lowest BCUT2D eigenvalue weighted by Gasteiger charge is -2.04. The first-order valence-corrected chi connectivity index (χ1v) is 7.42. The van der Waals surface area contributed by atoms with E-state index in [4.69, 9.17) is 0 Å². The number of aromatic nitrogens is 5. The topological polar surface area (TPSA) is 85.6 Å². The molecule has 0 aliphatic rings. The normalized spacial score (nSPS) is 10.6. The van der Waals surface area contributed by atoms with Crippen molar-refractivity contribution in [1.29, 1.82) is 0 Å². The van der Waals surface area contributed by atoms with Gasteiger partial charge in [-0.15, -0.1) is 5.10 Å². The predicted octanol–water partition coefficient (Wildman–Crippen LogP) is 2.05. The standard InChI is InChI=1S/C14H14N6OS/c1-9-12(18-22-17-9)8-20-10(2)13(16-19-20)14(21)15-11-6-4-3-5-7-11/h3-7H,8H2,1-2H3,(H,15,21). The van der Waals surface area contributed by atoms with Crippen LogP contribution in [0.5, 0.6) is 0 Å². The fourth-order valence-electron chi connectivity index (χ4n) is 1.97. The van der Waals surface area contributed by atoms with E-state index < -0.39 is 0 Å². The fourth-order valence-corrected chi connectivity index (χ4v) is 2.52. The molecule has 0 bridgehead atoms. The minimum absolute atomic E-state index is 0.275. The Labute approximate surface area is 131 Å². The SMILES string of the molecule is Cc1nsnc1Cn1nnc(C(=O)Nc2ccccc2)c1C. The fraction of sp³-hybridized carbons (Fsp3) is 0.214. The molecule has 0 aliphatic carbocycles. The minimum Gasteiger partial charge on any atom is -0.321 e. The molecule has 0 saturated carbocycles. The van der Waals surface area contributed by atoms with Gasteiger partial charge in [0.15, 0.2) is 5.69 Å². The Morgan fingerprint density at radius 3 is 2.68 bits per heavy atom. The third-order valence-corrected chi connectivity index (χ3v) is 3.93. The van der Waals surface area contributed by atoms with Gasteiger partial charge in [-0.1, -0.05) is 23.4 Å². The summed E-state index contributed by atoms with van der Waals surface area (Å²) in [6.07, 6.45) is 0. The summed E-state index contributed by atoms with van der Waals surface area (Å²) in [5.41, 5.74) is 3.44. The maximum atomic E-state index is 12.3. The molecule has 0 aliphatic heterocycles. The summed E-state index contributed by atoms with van der Waals surface area (Å²) in [6, 6.07) is 9.25. The number of anilines is 1. The number of para-hydroxylation sites is 1. The molecule has 1 N–H and O–H groups in total. The smallest absolute Gasteiger partial charge is 0.278 e. The Morgan fingerprint density at radius 2 is 2.00 bits per heavy atom. The number of amides is 1. The van der Waals surface area contributed by atoms with Crippen LogP contribution < -0.4 is 5.32 Å². The van der Waals surface area contributed by atoms with Crippen molar-refractivity contribution in [2.45, 2.75) is 20.4 Å². The quantitative estimate of drug-likeness (QED) is 0.796. The molecule has 8 heteroatoms. The van der Waals surface area contributed by atoms with Crippen molar-refractivity contribution in [3.05, 3.63) is 53.1 Å². The van der Waals surface area contributed by atoms with E-state index in [0.29, 0.717) is 17.9 Å². The largest absolute Gasteiger partial charge is 0.321 e. The molecular formula is C14H14N6OS. The summed E-state index contributed by atoms with van der Waals surface area (Å²) in [4.78, 5) is 12.3. The Kier molecular flexibility index (Phi) is 3.92. The first kappa shape index (κ1) is 14.3. The first-order chi connectivity index (χ1) is 10.6. The molecule has 1 amide bonds. The number of aryl methyl sites for hydroxylation is 1. The van der Waals surface area contributed by atoms with Crippen LogP contribution in [0.4, 0.5) is 5.69 Å². The van der Waals surface area contributed by atoms with Gasteiger partial charge in [-0.05, 0) is 26.0 Å². The molecular weight excluding hydrogens is 300 g/mol. The average Bonchev–Trinajstić information content (AvgIpc) is 3.08. The summed E-state index contributed by atoms with van der Waals surface area (Å²) < 4.78 is 10.0. The van der Waals surface area contributed by atoms with Gasteiger partial charge < -0.3 is 5.32 Å². The molecule has 1 aromatic carbocycles. The second-order valence-electron chi connectivity index (χ2n) is 4.80. The Morgan fingerprint density at radius 1 is 1.23 bits per heavy atom. The van der Waals surface area contributed by atoms with E-state index in [2.05, 4.69) is 24.4 Å².